The van der Waals surface area contributed by atoms with Crippen LogP contribution >= 0.6 is 0 Å². The predicted molar refractivity (Wildman–Crippen MR) is 84.7 cm³/mol. The Morgan fingerprint density at radius 1 is 1.10 bits per heavy atom. The molecule has 2 amide bonds. The standard InChI is InChI=1S/C16H16N4O/c1-10-3-5-13(11(2)7-10)20-16(21)19-12-4-6-14-15(8-12)18-9-17-14/h3-9H,1-2H3,(H,17,18)(H2,19,20,21). The normalized spacial score (nSPS) is 10.6. The van der Waals surface area contributed by atoms with Crippen LogP contribution in [0.2, 0.25) is 0 Å². The fourth-order valence-corrected chi connectivity index (χ4v) is 2.25. The molecule has 3 aromatic rings. The van der Waals surface area contributed by atoms with E-state index < -0.39 is 0 Å². The molecule has 0 bridgehead atoms. The maximum absolute atomic E-state index is 12.0. The van der Waals surface area contributed by atoms with Gasteiger partial charge >= 0.3 is 6.03 Å². The lowest BCUT2D eigenvalue weighted by Crippen LogP contribution is -2.19. The van der Waals surface area contributed by atoms with Crippen molar-refractivity contribution < 1.29 is 4.79 Å². The van der Waals surface area contributed by atoms with E-state index in [1.54, 1.807) is 6.33 Å². The van der Waals surface area contributed by atoms with Gasteiger partial charge in [-0.25, -0.2) is 9.78 Å². The van der Waals surface area contributed by atoms with E-state index in [0.717, 1.165) is 22.3 Å². The molecule has 0 aliphatic rings. The van der Waals surface area contributed by atoms with Crippen molar-refractivity contribution in [3.63, 3.8) is 0 Å². The Balaban J connectivity index is 1.73. The van der Waals surface area contributed by atoms with Gasteiger partial charge in [-0.2, -0.15) is 0 Å². The molecule has 3 rings (SSSR count). The number of nitrogens with zero attached hydrogens (tertiary/aromatic N) is 1. The molecule has 0 aliphatic carbocycles. The first-order chi connectivity index (χ1) is 10.1. The summed E-state index contributed by atoms with van der Waals surface area (Å²) in [5, 5.41) is 5.67. The van der Waals surface area contributed by atoms with Gasteiger partial charge in [0, 0.05) is 11.4 Å². The zero-order valence-corrected chi connectivity index (χ0v) is 11.9. The number of anilines is 2. The van der Waals surface area contributed by atoms with Crippen LogP contribution in [0, 0.1) is 13.8 Å². The number of carbonyl (C=O) groups excluding carboxylic acids is 1. The summed E-state index contributed by atoms with van der Waals surface area (Å²) in [5.74, 6) is 0. The van der Waals surface area contributed by atoms with E-state index in [1.807, 2.05) is 50.2 Å². The average molecular weight is 280 g/mol. The molecule has 21 heavy (non-hydrogen) atoms. The van der Waals surface area contributed by atoms with E-state index in [1.165, 1.54) is 5.56 Å². The van der Waals surface area contributed by atoms with Crippen LogP contribution in [-0.2, 0) is 0 Å². The summed E-state index contributed by atoms with van der Waals surface area (Å²) in [5.41, 5.74) is 5.49. The minimum Gasteiger partial charge on any atom is -0.345 e. The molecule has 3 N–H and O–H groups in total. The third kappa shape index (κ3) is 2.86. The summed E-state index contributed by atoms with van der Waals surface area (Å²) >= 11 is 0. The third-order valence-electron chi connectivity index (χ3n) is 3.31. The Morgan fingerprint density at radius 2 is 1.95 bits per heavy atom. The van der Waals surface area contributed by atoms with Crippen LogP contribution in [0.3, 0.4) is 0 Å². The fourth-order valence-electron chi connectivity index (χ4n) is 2.25. The molecule has 0 radical (unpaired) electrons. The summed E-state index contributed by atoms with van der Waals surface area (Å²) in [6, 6.07) is 11.2. The van der Waals surface area contributed by atoms with Crippen molar-refractivity contribution in [2.75, 3.05) is 10.6 Å². The second-order valence-electron chi connectivity index (χ2n) is 5.03. The van der Waals surface area contributed by atoms with E-state index in [9.17, 15) is 4.79 Å². The van der Waals surface area contributed by atoms with Crippen LogP contribution in [0.1, 0.15) is 11.1 Å². The highest BCUT2D eigenvalue weighted by molar-refractivity contribution is 6.01. The number of urea groups is 1. The number of aromatic nitrogens is 2. The zero-order valence-electron chi connectivity index (χ0n) is 11.9. The van der Waals surface area contributed by atoms with Crippen molar-refractivity contribution in [2.45, 2.75) is 13.8 Å². The lowest BCUT2D eigenvalue weighted by Gasteiger charge is -2.10. The molecule has 1 aromatic heterocycles. The Kier molecular flexibility index (Phi) is 3.31. The highest BCUT2D eigenvalue weighted by atomic mass is 16.2. The number of fused-ring (bicyclic) bond motifs is 1. The number of H-pyrrole nitrogens is 1. The molecular formula is C16H16N4O. The number of imidazole rings is 1. The Bertz CT molecular complexity index is 807. The van der Waals surface area contributed by atoms with Crippen molar-refractivity contribution >= 4 is 28.4 Å². The van der Waals surface area contributed by atoms with E-state index in [2.05, 4.69) is 20.6 Å². The molecule has 1 heterocycles. The largest absolute Gasteiger partial charge is 0.345 e. The molecule has 106 valence electrons. The molecule has 0 spiro atoms. The first-order valence-corrected chi connectivity index (χ1v) is 6.70. The Hall–Kier alpha value is -2.82. The molecule has 0 saturated heterocycles. The molecule has 0 saturated carbocycles. The van der Waals surface area contributed by atoms with Gasteiger partial charge in [0.1, 0.15) is 0 Å². The molecule has 0 fully saturated rings. The van der Waals surface area contributed by atoms with Gasteiger partial charge in [0.2, 0.25) is 0 Å². The quantitative estimate of drug-likeness (QED) is 0.667. The van der Waals surface area contributed by atoms with Gasteiger partial charge in [-0.1, -0.05) is 17.7 Å². The van der Waals surface area contributed by atoms with E-state index in [4.69, 9.17) is 0 Å². The first kappa shape index (κ1) is 13.2. The summed E-state index contributed by atoms with van der Waals surface area (Å²) in [6.07, 6.45) is 1.63. The van der Waals surface area contributed by atoms with E-state index >= 15 is 0 Å². The van der Waals surface area contributed by atoms with Crippen LogP contribution < -0.4 is 10.6 Å². The zero-order chi connectivity index (χ0) is 14.8. The predicted octanol–water partition coefficient (Wildman–Crippen LogP) is 3.82. The van der Waals surface area contributed by atoms with Crippen LogP contribution in [0.4, 0.5) is 16.2 Å². The summed E-state index contributed by atoms with van der Waals surface area (Å²) < 4.78 is 0. The van der Waals surface area contributed by atoms with Crippen LogP contribution in [0.15, 0.2) is 42.7 Å². The Morgan fingerprint density at radius 3 is 2.76 bits per heavy atom. The molecule has 5 nitrogen and oxygen atoms in total. The van der Waals surface area contributed by atoms with Crippen molar-refractivity contribution in [2.24, 2.45) is 0 Å². The van der Waals surface area contributed by atoms with Gasteiger partial charge in [-0.3, -0.25) is 0 Å². The topological polar surface area (TPSA) is 69.8 Å². The SMILES string of the molecule is Cc1ccc(NC(=O)Nc2ccc3nc[nH]c3c2)c(C)c1. The van der Waals surface area contributed by atoms with E-state index in [0.29, 0.717) is 5.69 Å². The fraction of sp³-hybridized carbons (Fsp3) is 0.125. The minimum absolute atomic E-state index is 0.263. The first-order valence-electron chi connectivity index (χ1n) is 6.70. The monoisotopic (exact) mass is 280 g/mol. The summed E-state index contributed by atoms with van der Waals surface area (Å²) in [6.45, 7) is 4.00. The Labute approximate surface area is 122 Å². The number of nitrogens with one attached hydrogen (secondary N) is 3. The molecule has 0 unspecified atom stereocenters. The number of rotatable bonds is 2. The van der Waals surface area contributed by atoms with Gasteiger partial charge in [0.15, 0.2) is 0 Å². The second kappa shape index (κ2) is 5.28. The molecular weight excluding hydrogens is 264 g/mol. The number of aromatic amines is 1. The van der Waals surface area contributed by atoms with Crippen molar-refractivity contribution in [1.82, 2.24) is 9.97 Å². The minimum atomic E-state index is -0.263. The molecule has 0 atom stereocenters. The van der Waals surface area contributed by atoms with Gasteiger partial charge in [0.05, 0.1) is 17.4 Å². The second-order valence-corrected chi connectivity index (χ2v) is 5.03. The third-order valence-corrected chi connectivity index (χ3v) is 3.31. The lowest BCUT2D eigenvalue weighted by molar-refractivity contribution is 0.262. The number of carbonyl (C=O) groups is 1. The lowest BCUT2D eigenvalue weighted by atomic mass is 10.1. The highest BCUT2D eigenvalue weighted by Gasteiger charge is 2.06. The van der Waals surface area contributed by atoms with Gasteiger partial charge in [0.25, 0.3) is 0 Å². The van der Waals surface area contributed by atoms with Crippen molar-refractivity contribution in [3.05, 3.63) is 53.9 Å². The average Bonchev–Trinajstić information content (AvgIpc) is 2.89. The number of benzene rings is 2. The van der Waals surface area contributed by atoms with Crippen LogP contribution in [0.25, 0.3) is 11.0 Å². The van der Waals surface area contributed by atoms with Gasteiger partial charge < -0.3 is 15.6 Å². The molecule has 0 aliphatic heterocycles. The van der Waals surface area contributed by atoms with Crippen molar-refractivity contribution in [3.8, 4) is 0 Å². The number of hydrogen-bond donors (Lipinski definition) is 3. The van der Waals surface area contributed by atoms with Gasteiger partial charge in [-0.15, -0.1) is 0 Å². The van der Waals surface area contributed by atoms with Crippen LogP contribution in [0.5, 0.6) is 0 Å². The maximum atomic E-state index is 12.0. The van der Waals surface area contributed by atoms with Crippen LogP contribution in [-0.4, -0.2) is 16.0 Å². The number of hydrogen-bond acceptors (Lipinski definition) is 2. The van der Waals surface area contributed by atoms with Gasteiger partial charge in [-0.05, 0) is 43.7 Å². The highest BCUT2D eigenvalue weighted by Crippen LogP contribution is 2.18. The summed E-state index contributed by atoms with van der Waals surface area (Å²) in [4.78, 5) is 19.2. The molecule has 2 aromatic carbocycles. The van der Waals surface area contributed by atoms with Crippen molar-refractivity contribution in [1.29, 1.82) is 0 Å². The maximum Gasteiger partial charge on any atom is 0.323 e. The summed E-state index contributed by atoms with van der Waals surface area (Å²) in [7, 11) is 0. The number of amides is 2. The smallest absolute Gasteiger partial charge is 0.323 e. The molecule has 5 heteroatoms. The number of aryl methyl sites for hydroxylation is 2. The van der Waals surface area contributed by atoms with E-state index in [-0.39, 0.29) is 6.03 Å².